The van der Waals surface area contributed by atoms with E-state index in [2.05, 4.69) is 26.1 Å². The summed E-state index contributed by atoms with van der Waals surface area (Å²) >= 11 is 0. The molecule has 1 aromatic rings. The van der Waals surface area contributed by atoms with Crippen LogP contribution in [0.15, 0.2) is 24.3 Å². The lowest BCUT2D eigenvalue weighted by Gasteiger charge is -2.52. The molecule has 0 aromatic heterocycles. The summed E-state index contributed by atoms with van der Waals surface area (Å²) in [6, 6.07) is 10.6. The van der Waals surface area contributed by atoms with E-state index in [1.54, 1.807) is 7.11 Å². The summed E-state index contributed by atoms with van der Waals surface area (Å²) in [5, 5.41) is 12.2. The molecule has 0 spiro atoms. The first-order valence-electron chi connectivity index (χ1n) is 7.37. The van der Waals surface area contributed by atoms with Gasteiger partial charge in [-0.15, -0.1) is 0 Å². The molecule has 2 rings (SSSR count). The molecular formula is C17H24N2O2. The minimum atomic E-state index is 0.0851. The Bertz CT molecular complexity index is 505. The summed E-state index contributed by atoms with van der Waals surface area (Å²) < 4.78 is 10.8. The van der Waals surface area contributed by atoms with Gasteiger partial charge in [0, 0.05) is 24.6 Å². The molecule has 1 saturated carbocycles. The molecule has 1 aromatic carbocycles. The van der Waals surface area contributed by atoms with Crippen molar-refractivity contribution in [3.8, 4) is 11.8 Å². The standard InChI is InChI=1S/C17H24N2O2/c1-12(19-15-11-16(20-4)17(15,2)3)13-5-7-14(8-6-13)21-10-9-18/h5-8,12,15-16,19H,10-11H2,1-4H3. The minimum absolute atomic E-state index is 0.0851. The van der Waals surface area contributed by atoms with Gasteiger partial charge in [-0.25, -0.2) is 0 Å². The van der Waals surface area contributed by atoms with Crippen molar-refractivity contribution in [1.82, 2.24) is 5.32 Å². The number of rotatable bonds is 6. The molecule has 114 valence electrons. The van der Waals surface area contributed by atoms with Crippen molar-refractivity contribution >= 4 is 0 Å². The van der Waals surface area contributed by atoms with E-state index in [0.29, 0.717) is 12.1 Å². The van der Waals surface area contributed by atoms with Crippen LogP contribution in [-0.4, -0.2) is 25.9 Å². The Balaban J connectivity index is 1.92. The zero-order valence-corrected chi connectivity index (χ0v) is 13.2. The average molecular weight is 288 g/mol. The van der Waals surface area contributed by atoms with Crippen LogP contribution in [0, 0.1) is 16.7 Å². The fourth-order valence-electron chi connectivity index (χ4n) is 2.93. The summed E-state index contributed by atoms with van der Waals surface area (Å²) in [6.07, 6.45) is 1.39. The molecule has 0 aliphatic heterocycles. The highest BCUT2D eigenvalue weighted by atomic mass is 16.5. The third-order valence-corrected chi connectivity index (χ3v) is 4.60. The molecule has 4 heteroatoms. The van der Waals surface area contributed by atoms with Gasteiger partial charge in [0.2, 0.25) is 0 Å². The van der Waals surface area contributed by atoms with Crippen molar-refractivity contribution < 1.29 is 9.47 Å². The van der Waals surface area contributed by atoms with E-state index in [1.165, 1.54) is 5.56 Å². The van der Waals surface area contributed by atoms with Crippen LogP contribution in [0.1, 0.15) is 38.8 Å². The van der Waals surface area contributed by atoms with E-state index in [9.17, 15) is 0 Å². The van der Waals surface area contributed by atoms with Crippen molar-refractivity contribution in [2.24, 2.45) is 5.41 Å². The third kappa shape index (κ3) is 3.37. The summed E-state index contributed by atoms with van der Waals surface area (Å²) in [5.74, 6) is 0.732. The lowest BCUT2D eigenvalue weighted by Crippen LogP contribution is -2.60. The van der Waals surface area contributed by atoms with Crippen LogP contribution >= 0.6 is 0 Å². The molecule has 0 amide bonds. The van der Waals surface area contributed by atoms with Gasteiger partial charge >= 0.3 is 0 Å². The highest BCUT2D eigenvalue weighted by Gasteiger charge is 2.48. The van der Waals surface area contributed by atoms with Gasteiger partial charge in [0.25, 0.3) is 0 Å². The van der Waals surface area contributed by atoms with E-state index < -0.39 is 0 Å². The fourth-order valence-corrected chi connectivity index (χ4v) is 2.93. The Hall–Kier alpha value is -1.57. The number of hydrogen-bond acceptors (Lipinski definition) is 4. The van der Waals surface area contributed by atoms with Crippen LogP contribution < -0.4 is 10.1 Å². The number of nitrogens with one attached hydrogen (secondary N) is 1. The average Bonchev–Trinajstić information content (AvgIpc) is 2.49. The highest BCUT2D eigenvalue weighted by molar-refractivity contribution is 5.29. The number of benzene rings is 1. The lowest BCUT2D eigenvalue weighted by atomic mass is 9.64. The Morgan fingerprint density at radius 2 is 2.05 bits per heavy atom. The summed E-state index contributed by atoms with van der Waals surface area (Å²) in [5.41, 5.74) is 1.38. The monoisotopic (exact) mass is 288 g/mol. The molecule has 3 unspecified atom stereocenters. The molecule has 0 heterocycles. The third-order valence-electron chi connectivity index (χ3n) is 4.60. The maximum Gasteiger partial charge on any atom is 0.174 e. The van der Waals surface area contributed by atoms with Crippen LogP contribution in [-0.2, 0) is 4.74 Å². The Morgan fingerprint density at radius 3 is 2.57 bits per heavy atom. The van der Waals surface area contributed by atoms with Crippen molar-refractivity contribution in [2.75, 3.05) is 13.7 Å². The molecule has 0 radical (unpaired) electrons. The van der Waals surface area contributed by atoms with Gasteiger partial charge in [-0.2, -0.15) is 5.26 Å². The Morgan fingerprint density at radius 1 is 1.38 bits per heavy atom. The first-order valence-corrected chi connectivity index (χ1v) is 7.37. The predicted molar refractivity (Wildman–Crippen MR) is 82.1 cm³/mol. The van der Waals surface area contributed by atoms with E-state index in [-0.39, 0.29) is 18.1 Å². The molecule has 4 nitrogen and oxygen atoms in total. The normalized spacial score (nSPS) is 24.7. The zero-order chi connectivity index (χ0) is 15.5. The van der Waals surface area contributed by atoms with E-state index in [1.807, 2.05) is 30.3 Å². The largest absolute Gasteiger partial charge is 0.479 e. The molecule has 0 saturated heterocycles. The number of nitrogens with zero attached hydrogens (tertiary/aromatic N) is 1. The van der Waals surface area contributed by atoms with Crippen LogP contribution in [0.5, 0.6) is 5.75 Å². The topological polar surface area (TPSA) is 54.3 Å². The molecule has 1 N–H and O–H groups in total. The van der Waals surface area contributed by atoms with E-state index in [4.69, 9.17) is 14.7 Å². The first-order chi connectivity index (χ1) is 9.98. The molecule has 1 aliphatic carbocycles. The molecule has 0 bridgehead atoms. The number of methoxy groups -OCH3 is 1. The van der Waals surface area contributed by atoms with Gasteiger partial charge in [0.15, 0.2) is 6.61 Å². The Kier molecular flexibility index (Phi) is 4.87. The fraction of sp³-hybridized carbons (Fsp3) is 0.588. The van der Waals surface area contributed by atoms with Gasteiger partial charge in [-0.3, -0.25) is 0 Å². The van der Waals surface area contributed by atoms with E-state index in [0.717, 1.165) is 12.2 Å². The molecule has 1 fully saturated rings. The van der Waals surface area contributed by atoms with Gasteiger partial charge in [-0.1, -0.05) is 26.0 Å². The number of ether oxygens (including phenoxy) is 2. The first kappa shape index (κ1) is 15.8. The number of nitriles is 1. The van der Waals surface area contributed by atoms with Crippen LogP contribution in [0.25, 0.3) is 0 Å². The van der Waals surface area contributed by atoms with Crippen molar-refractivity contribution in [3.05, 3.63) is 29.8 Å². The second-order valence-corrected chi connectivity index (χ2v) is 6.24. The highest BCUT2D eigenvalue weighted by Crippen LogP contribution is 2.43. The molecule has 3 atom stereocenters. The minimum Gasteiger partial charge on any atom is -0.479 e. The summed E-state index contributed by atoms with van der Waals surface area (Å²) in [6.45, 7) is 6.74. The van der Waals surface area contributed by atoms with Gasteiger partial charge in [0.1, 0.15) is 11.8 Å². The van der Waals surface area contributed by atoms with E-state index >= 15 is 0 Å². The number of hydrogen-bond donors (Lipinski definition) is 1. The van der Waals surface area contributed by atoms with Crippen molar-refractivity contribution in [2.45, 2.75) is 45.4 Å². The lowest BCUT2D eigenvalue weighted by molar-refractivity contribution is -0.0999. The van der Waals surface area contributed by atoms with Crippen molar-refractivity contribution in [3.63, 3.8) is 0 Å². The predicted octanol–water partition coefficient (Wildman–Crippen LogP) is 3.05. The van der Waals surface area contributed by atoms with Gasteiger partial charge in [0.05, 0.1) is 6.10 Å². The quantitative estimate of drug-likeness (QED) is 0.874. The van der Waals surface area contributed by atoms with Gasteiger partial charge in [-0.05, 0) is 31.0 Å². The molecular weight excluding hydrogens is 264 g/mol. The Labute approximate surface area is 127 Å². The summed E-state index contributed by atoms with van der Waals surface area (Å²) in [7, 11) is 1.78. The summed E-state index contributed by atoms with van der Waals surface area (Å²) in [4.78, 5) is 0. The zero-order valence-electron chi connectivity index (χ0n) is 13.2. The second-order valence-electron chi connectivity index (χ2n) is 6.24. The molecule has 21 heavy (non-hydrogen) atoms. The maximum atomic E-state index is 8.50. The SMILES string of the molecule is COC1CC(NC(C)c2ccc(OCC#N)cc2)C1(C)C. The smallest absolute Gasteiger partial charge is 0.174 e. The van der Waals surface area contributed by atoms with Gasteiger partial charge < -0.3 is 14.8 Å². The van der Waals surface area contributed by atoms with Crippen LogP contribution in [0.4, 0.5) is 0 Å². The van der Waals surface area contributed by atoms with Crippen LogP contribution in [0.3, 0.4) is 0 Å². The maximum absolute atomic E-state index is 8.50. The van der Waals surface area contributed by atoms with Crippen LogP contribution in [0.2, 0.25) is 0 Å². The second kappa shape index (κ2) is 6.46. The van der Waals surface area contributed by atoms with Crippen molar-refractivity contribution in [1.29, 1.82) is 5.26 Å². The molecule has 1 aliphatic rings.